The highest BCUT2D eigenvalue weighted by Gasteiger charge is 2.33. The maximum absolute atomic E-state index is 16.7. The van der Waals surface area contributed by atoms with E-state index >= 15 is 4.39 Å². The lowest BCUT2D eigenvalue weighted by Crippen LogP contribution is -2.40. The van der Waals surface area contributed by atoms with Crippen molar-refractivity contribution in [1.29, 1.82) is 0 Å². The van der Waals surface area contributed by atoms with Gasteiger partial charge in [0.1, 0.15) is 11.9 Å². The smallest absolute Gasteiger partial charge is 0.308 e. The fourth-order valence-electron chi connectivity index (χ4n) is 6.96. The summed E-state index contributed by atoms with van der Waals surface area (Å²) in [4.78, 5) is 42.8. The first kappa shape index (κ1) is 39.5. The molecule has 8 heteroatoms. The number of pyridine rings is 1. The molecule has 0 unspecified atom stereocenters. The van der Waals surface area contributed by atoms with Gasteiger partial charge in [-0.2, -0.15) is 0 Å². The van der Waals surface area contributed by atoms with Gasteiger partial charge in [0.2, 0.25) is 5.91 Å². The SMILES string of the molecule is C=CCCCCc1cc(C)cc(C)c1-c1cc(C2CC2)c(F)c([C@H](CC(=O)OCC)NC(=O)[C@H](CC=C)n2cc(CCN(C)C)c(C)cc2=O)c1. The molecule has 1 aromatic heterocycles. The summed E-state index contributed by atoms with van der Waals surface area (Å²) in [6.45, 7) is 16.4. The number of esters is 1. The Bertz CT molecular complexity index is 1790. The normalized spacial score (nSPS) is 13.9. The van der Waals surface area contributed by atoms with Crippen LogP contribution < -0.4 is 10.9 Å². The molecule has 1 amide bonds. The van der Waals surface area contributed by atoms with Crippen LogP contribution in [0.1, 0.15) is 109 Å². The van der Waals surface area contributed by atoms with E-state index in [0.717, 1.165) is 78.5 Å². The zero-order chi connectivity index (χ0) is 37.2. The second-order valence-electron chi connectivity index (χ2n) is 14.3. The van der Waals surface area contributed by atoms with E-state index in [0.29, 0.717) is 12.0 Å². The van der Waals surface area contributed by atoms with Gasteiger partial charge in [0, 0.05) is 24.4 Å². The number of allylic oxidation sites excluding steroid dienone is 2. The topological polar surface area (TPSA) is 80.6 Å². The van der Waals surface area contributed by atoms with Crippen molar-refractivity contribution < 1.29 is 18.7 Å². The van der Waals surface area contributed by atoms with Gasteiger partial charge in [-0.1, -0.05) is 29.8 Å². The number of halogens is 1. The van der Waals surface area contributed by atoms with Crippen molar-refractivity contribution in [2.75, 3.05) is 27.2 Å². The molecule has 0 saturated heterocycles. The highest BCUT2D eigenvalue weighted by atomic mass is 19.1. The molecule has 2 aromatic carbocycles. The number of nitrogens with one attached hydrogen (secondary N) is 1. The second kappa shape index (κ2) is 18.3. The van der Waals surface area contributed by atoms with Crippen LogP contribution in [0.5, 0.6) is 0 Å². The number of aryl methyl sites for hydroxylation is 4. The molecule has 7 nitrogen and oxygen atoms in total. The average Bonchev–Trinajstić information content (AvgIpc) is 3.91. The van der Waals surface area contributed by atoms with Gasteiger partial charge in [0.05, 0.1) is 19.1 Å². The van der Waals surface area contributed by atoms with Crippen molar-refractivity contribution in [3.63, 3.8) is 0 Å². The summed E-state index contributed by atoms with van der Waals surface area (Å²) in [6, 6.07) is 7.69. The number of unbranched alkanes of at least 4 members (excludes halogenated alkanes) is 2. The maximum atomic E-state index is 16.7. The Balaban J connectivity index is 1.82. The first-order valence-electron chi connectivity index (χ1n) is 18.4. The largest absolute Gasteiger partial charge is 0.466 e. The Morgan fingerprint density at radius 2 is 1.76 bits per heavy atom. The third kappa shape index (κ3) is 10.4. The minimum Gasteiger partial charge on any atom is -0.466 e. The summed E-state index contributed by atoms with van der Waals surface area (Å²) in [5.74, 6) is -1.38. The van der Waals surface area contributed by atoms with Crippen LogP contribution >= 0.6 is 0 Å². The Hall–Kier alpha value is -4.30. The van der Waals surface area contributed by atoms with Crippen LogP contribution in [0.3, 0.4) is 0 Å². The monoisotopic (exact) mass is 697 g/mol. The number of hydrogen-bond acceptors (Lipinski definition) is 5. The Morgan fingerprint density at radius 1 is 1.02 bits per heavy atom. The number of rotatable bonds is 19. The third-order valence-corrected chi connectivity index (χ3v) is 9.72. The standard InChI is InChI=1S/C43H56FN3O4/c1-9-12-13-14-16-32-22-28(4)21-30(6)41(32)34-24-35(31-17-18-31)42(44)36(25-34)37(26-40(49)51-11-3)45-43(50)38(15-10-2)47-27-33(19-20-46(7)8)29(5)23-39(47)48/h9-10,21-25,27,31,37-38H,1-2,11-20,26H2,3-8H3,(H,45,50)/t37-,38-/m0/s1. The van der Waals surface area contributed by atoms with Crippen LogP contribution in [-0.4, -0.2) is 48.6 Å². The van der Waals surface area contributed by atoms with E-state index in [-0.39, 0.29) is 36.5 Å². The van der Waals surface area contributed by atoms with Crippen molar-refractivity contribution in [2.45, 2.75) is 103 Å². The average molecular weight is 698 g/mol. The molecule has 3 aromatic rings. The molecule has 4 rings (SSSR count). The Kier molecular flexibility index (Phi) is 14.1. The minimum absolute atomic E-state index is 0.0738. The fourth-order valence-corrected chi connectivity index (χ4v) is 6.96. The minimum atomic E-state index is -1.03. The molecule has 2 atom stereocenters. The van der Waals surface area contributed by atoms with Crippen molar-refractivity contribution in [1.82, 2.24) is 14.8 Å². The van der Waals surface area contributed by atoms with Gasteiger partial charge in [-0.3, -0.25) is 14.4 Å². The lowest BCUT2D eigenvalue weighted by Gasteiger charge is -2.26. The van der Waals surface area contributed by atoms with E-state index in [1.54, 1.807) is 31.3 Å². The molecule has 1 heterocycles. The molecule has 274 valence electrons. The van der Waals surface area contributed by atoms with Crippen molar-refractivity contribution in [2.24, 2.45) is 0 Å². The molecule has 1 N–H and O–H groups in total. The zero-order valence-corrected chi connectivity index (χ0v) is 31.4. The van der Waals surface area contributed by atoms with Crippen molar-refractivity contribution in [3.8, 4) is 11.1 Å². The Labute approximate surface area is 303 Å². The number of amides is 1. The first-order chi connectivity index (χ1) is 24.4. The quantitative estimate of drug-likeness (QED) is 0.0774. The summed E-state index contributed by atoms with van der Waals surface area (Å²) in [7, 11) is 3.97. The van der Waals surface area contributed by atoms with Gasteiger partial charge in [0.25, 0.3) is 5.56 Å². The molecule has 1 aliphatic rings. The second-order valence-corrected chi connectivity index (χ2v) is 14.3. The number of hydrogen-bond donors (Lipinski definition) is 1. The van der Waals surface area contributed by atoms with E-state index in [1.807, 2.05) is 33.2 Å². The van der Waals surface area contributed by atoms with Crippen molar-refractivity contribution >= 4 is 11.9 Å². The summed E-state index contributed by atoms with van der Waals surface area (Å²) in [5.41, 5.74) is 7.72. The van der Waals surface area contributed by atoms with E-state index in [1.165, 1.54) is 10.1 Å². The molecular formula is C43H56FN3O4. The van der Waals surface area contributed by atoms with Crippen LogP contribution in [0.25, 0.3) is 11.1 Å². The van der Waals surface area contributed by atoms with E-state index < -0.39 is 29.8 Å². The van der Waals surface area contributed by atoms with Crippen LogP contribution in [0.4, 0.5) is 4.39 Å². The van der Waals surface area contributed by atoms with Crippen LogP contribution in [0.2, 0.25) is 0 Å². The number of benzene rings is 2. The number of carbonyl (C=O) groups is 2. The van der Waals surface area contributed by atoms with Gasteiger partial charge in [-0.15, -0.1) is 13.2 Å². The van der Waals surface area contributed by atoms with Gasteiger partial charge in [0.15, 0.2) is 0 Å². The number of carbonyl (C=O) groups excluding carboxylic acids is 2. The molecular weight excluding hydrogens is 641 g/mol. The predicted molar refractivity (Wildman–Crippen MR) is 205 cm³/mol. The molecule has 1 aliphatic carbocycles. The molecule has 0 radical (unpaired) electrons. The number of ether oxygens (including phenoxy) is 1. The van der Waals surface area contributed by atoms with E-state index in [9.17, 15) is 14.4 Å². The highest BCUT2D eigenvalue weighted by molar-refractivity contribution is 5.82. The molecule has 51 heavy (non-hydrogen) atoms. The van der Waals surface area contributed by atoms with Crippen molar-refractivity contribution in [3.05, 3.63) is 117 Å². The highest BCUT2D eigenvalue weighted by Crippen LogP contribution is 2.45. The van der Waals surface area contributed by atoms with Gasteiger partial charge in [-0.25, -0.2) is 4.39 Å². The van der Waals surface area contributed by atoms with Gasteiger partial charge in [-0.05, 0) is 150 Å². The molecule has 0 aliphatic heterocycles. The zero-order valence-electron chi connectivity index (χ0n) is 31.4. The van der Waals surface area contributed by atoms with E-state index in [2.05, 4.69) is 49.4 Å². The predicted octanol–water partition coefficient (Wildman–Crippen LogP) is 8.39. The molecule has 1 saturated carbocycles. The first-order valence-corrected chi connectivity index (χ1v) is 18.4. The van der Waals surface area contributed by atoms with Crippen LogP contribution in [0.15, 0.2) is 66.6 Å². The summed E-state index contributed by atoms with van der Waals surface area (Å²) < 4.78 is 23.5. The molecule has 1 fully saturated rings. The van der Waals surface area contributed by atoms with Gasteiger partial charge < -0.3 is 19.5 Å². The van der Waals surface area contributed by atoms with E-state index in [4.69, 9.17) is 4.74 Å². The van der Waals surface area contributed by atoms with Crippen LogP contribution in [-0.2, 0) is 27.2 Å². The summed E-state index contributed by atoms with van der Waals surface area (Å²) in [6.07, 6.45) is 11.5. The molecule has 0 spiro atoms. The van der Waals surface area contributed by atoms with Gasteiger partial charge >= 0.3 is 5.97 Å². The maximum Gasteiger partial charge on any atom is 0.308 e. The Morgan fingerprint density at radius 3 is 2.41 bits per heavy atom. The summed E-state index contributed by atoms with van der Waals surface area (Å²) in [5, 5.41) is 3.01. The third-order valence-electron chi connectivity index (χ3n) is 9.72. The molecule has 0 bridgehead atoms. The fraction of sp³-hybridized carbons (Fsp3) is 0.465. The lowest BCUT2D eigenvalue weighted by molar-refractivity contribution is -0.144. The number of nitrogens with zero attached hydrogens (tertiary/aromatic N) is 2. The summed E-state index contributed by atoms with van der Waals surface area (Å²) >= 11 is 0. The van der Waals surface area contributed by atoms with Crippen LogP contribution in [0, 0.1) is 26.6 Å². The number of likely N-dealkylation sites (N-methyl/N-ethyl adjacent to an activating group) is 1. The number of aromatic nitrogens is 1. The lowest BCUT2D eigenvalue weighted by atomic mass is 9.86.